The van der Waals surface area contributed by atoms with Crippen LogP contribution in [0.25, 0.3) is 0 Å². The number of hydrogen-bond acceptors (Lipinski definition) is 4. The van der Waals surface area contributed by atoms with Crippen LogP contribution in [-0.4, -0.2) is 33.4 Å². The van der Waals surface area contributed by atoms with Gasteiger partial charge < -0.3 is 10.0 Å². The Labute approximate surface area is 121 Å². The first-order chi connectivity index (χ1) is 9.93. The lowest BCUT2D eigenvalue weighted by Crippen LogP contribution is -2.26. The fourth-order valence-electron chi connectivity index (χ4n) is 2.60. The van der Waals surface area contributed by atoms with Crippen molar-refractivity contribution >= 4 is 17.6 Å². The lowest BCUT2D eigenvalue weighted by atomic mass is 10.0. The summed E-state index contributed by atoms with van der Waals surface area (Å²) in [4.78, 5) is 35.0. The average molecular weight is 292 g/mol. The third kappa shape index (κ3) is 3.01. The SMILES string of the molecule is CCC1CC(=O)N(Cc2cccc([N+](=O)[O-])c2C(=O)O)C1. The maximum atomic E-state index is 11.9. The number of amides is 1. The quantitative estimate of drug-likeness (QED) is 0.661. The molecule has 1 unspecified atom stereocenters. The Bertz CT molecular complexity index is 599. The Morgan fingerprint density at radius 3 is 2.76 bits per heavy atom. The van der Waals surface area contributed by atoms with Crippen molar-refractivity contribution in [2.75, 3.05) is 6.54 Å². The fourth-order valence-corrected chi connectivity index (χ4v) is 2.60. The van der Waals surface area contributed by atoms with Crippen LogP contribution in [0, 0.1) is 16.0 Å². The first-order valence-corrected chi connectivity index (χ1v) is 6.71. The molecule has 21 heavy (non-hydrogen) atoms. The standard InChI is InChI=1S/C14H16N2O5/c1-2-9-6-12(17)15(7-9)8-10-4-3-5-11(16(20)21)13(10)14(18)19/h3-5,9H,2,6-8H2,1H3,(H,18,19). The van der Waals surface area contributed by atoms with E-state index in [-0.39, 0.29) is 23.9 Å². The molecule has 1 aliphatic heterocycles. The largest absolute Gasteiger partial charge is 0.477 e. The van der Waals surface area contributed by atoms with Gasteiger partial charge in [0.15, 0.2) is 0 Å². The number of rotatable bonds is 5. The summed E-state index contributed by atoms with van der Waals surface area (Å²) in [5, 5.41) is 20.2. The topological polar surface area (TPSA) is 101 Å². The second kappa shape index (κ2) is 5.90. The van der Waals surface area contributed by atoms with Crippen molar-refractivity contribution in [1.82, 2.24) is 4.90 Å². The van der Waals surface area contributed by atoms with Gasteiger partial charge in [-0.2, -0.15) is 0 Å². The van der Waals surface area contributed by atoms with Crippen LogP contribution >= 0.6 is 0 Å². The van der Waals surface area contributed by atoms with Gasteiger partial charge in [-0.15, -0.1) is 0 Å². The van der Waals surface area contributed by atoms with Crippen LogP contribution in [0.15, 0.2) is 18.2 Å². The smallest absolute Gasteiger partial charge is 0.343 e. The zero-order valence-electron chi connectivity index (χ0n) is 11.6. The van der Waals surface area contributed by atoms with Gasteiger partial charge in [-0.3, -0.25) is 14.9 Å². The summed E-state index contributed by atoms with van der Waals surface area (Å²) in [6.07, 6.45) is 1.33. The summed E-state index contributed by atoms with van der Waals surface area (Å²) in [6.45, 7) is 2.66. The second-order valence-corrected chi connectivity index (χ2v) is 5.13. The van der Waals surface area contributed by atoms with E-state index in [9.17, 15) is 24.8 Å². The highest BCUT2D eigenvalue weighted by atomic mass is 16.6. The molecule has 1 atom stereocenters. The maximum Gasteiger partial charge on any atom is 0.343 e. The van der Waals surface area contributed by atoms with E-state index in [1.807, 2.05) is 6.92 Å². The first-order valence-electron chi connectivity index (χ1n) is 6.71. The van der Waals surface area contributed by atoms with E-state index in [0.29, 0.717) is 18.5 Å². The molecule has 1 N–H and O–H groups in total. The van der Waals surface area contributed by atoms with Gasteiger partial charge in [-0.25, -0.2) is 4.79 Å². The number of aromatic carboxylic acids is 1. The zero-order valence-corrected chi connectivity index (χ0v) is 11.6. The summed E-state index contributed by atoms with van der Waals surface area (Å²) < 4.78 is 0. The van der Waals surface area contributed by atoms with E-state index in [2.05, 4.69) is 0 Å². The Morgan fingerprint density at radius 2 is 2.24 bits per heavy atom. The van der Waals surface area contributed by atoms with Crippen molar-refractivity contribution in [3.8, 4) is 0 Å². The minimum atomic E-state index is -1.35. The summed E-state index contributed by atoms with van der Waals surface area (Å²) in [5.74, 6) is -1.12. The predicted molar refractivity (Wildman–Crippen MR) is 73.9 cm³/mol. The number of nitro benzene ring substituents is 1. The van der Waals surface area contributed by atoms with Crippen molar-refractivity contribution in [1.29, 1.82) is 0 Å². The highest BCUT2D eigenvalue weighted by Gasteiger charge is 2.31. The molecular weight excluding hydrogens is 276 g/mol. The lowest BCUT2D eigenvalue weighted by Gasteiger charge is -2.17. The highest BCUT2D eigenvalue weighted by molar-refractivity contribution is 5.94. The minimum Gasteiger partial charge on any atom is -0.477 e. The summed E-state index contributed by atoms with van der Waals surface area (Å²) in [5.41, 5.74) is -0.490. The van der Waals surface area contributed by atoms with Gasteiger partial charge in [-0.1, -0.05) is 25.5 Å². The van der Waals surface area contributed by atoms with Gasteiger partial charge in [0.05, 0.1) is 4.92 Å². The van der Waals surface area contributed by atoms with Gasteiger partial charge in [0.25, 0.3) is 5.69 Å². The van der Waals surface area contributed by atoms with E-state index in [1.165, 1.54) is 12.1 Å². The van der Waals surface area contributed by atoms with Crippen molar-refractivity contribution in [3.05, 3.63) is 39.4 Å². The van der Waals surface area contributed by atoms with Crippen molar-refractivity contribution in [3.63, 3.8) is 0 Å². The van der Waals surface area contributed by atoms with Gasteiger partial charge in [0.1, 0.15) is 5.56 Å². The molecule has 7 nitrogen and oxygen atoms in total. The van der Waals surface area contributed by atoms with Crippen LogP contribution in [0.1, 0.15) is 35.7 Å². The Morgan fingerprint density at radius 1 is 1.52 bits per heavy atom. The predicted octanol–water partition coefficient (Wildman–Crippen LogP) is 2.05. The molecule has 1 aromatic rings. The second-order valence-electron chi connectivity index (χ2n) is 5.13. The van der Waals surface area contributed by atoms with Gasteiger partial charge in [-0.05, 0) is 11.5 Å². The number of carbonyl (C=O) groups excluding carboxylic acids is 1. The van der Waals surface area contributed by atoms with Crippen LogP contribution in [0.2, 0.25) is 0 Å². The molecule has 0 spiro atoms. The van der Waals surface area contributed by atoms with Crippen LogP contribution in [0.5, 0.6) is 0 Å². The number of carboxylic acid groups (broad SMARTS) is 1. The van der Waals surface area contributed by atoms with Gasteiger partial charge >= 0.3 is 5.97 Å². The molecular formula is C14H16N2O5. The Kier molecular flexibility index (Phi) is 4.21. The summed E-state index contributed by atoms with van der Waals surface area (Å²) in [7, 11) is 0. The van der Waals surface area contributed by atoms with Crippen molar-refractivity contribution in [2.24, 2.45) is 5.92 Å². The third-order valence-corrected chi connectivity index (χ3v) is 3.77. The number of carboxylic acids is 1. The average Bonchev–Trinajstić information content (AvgIpc) is 2.78. The van der Waals surface area contributed by atoms with Crippen molar-refractivity contribution < 1.29 is 19.6 Å². The number of hydrogen-bond donors (Lipinski definition) is 1. The normalized spacial score (nSPS) is 18.0. The fraction of sp³-hybridized carbons (Fsp3) is 0.429. The van der Waals surface area contributed by atoms with E-state index >= 15 is 0 Å². The summed E-state index contributed by atoms with van der Waals surface area (Å²) >= 11 is 0. The van der Waals surface area contributed by atoms with Crippen molar-refractivity contribution in [2.45, 2.75) is 26.3 Å². The van der Waals surface area contributed by atoms with E-state index in [0.717, 1.165) is 12.5 Å². The number of nitrogens with zero attached hydrogens (tertiary/aromatic N) is 2. The Balaban J connectivity index is 2.32. The molecule has 1 fully saturated rings. The molecule has 0 aliphatic carbocycles. The lowest BCUT2D eigenvalue weighted by molar-refractivity contribution is -0.385. The molecule has 0 saturated carbocycles. The molecule has 7 heteroatoms. The molecule has 0 radical (unpaired) electrons. The minimum absolute atomic E-state index is 0.0373. The van der Waals surface area contributed by atoms with E-state index in [1.54, 1.807) is 4.90 Å². The molecule has 1 amide bonds. The van der Waals surface area contributed by atoms with Crippen LogP contribution in [-0.2, 0) is 11.3 Å². The maximum absolute atomic E-state index is 11.9. The summed E-state index contributed by atoms with van der Waals surface area (Å²) in [6, 6.07) is 4.12. The third-order valence-electron chi connectivity index (χ3n) is 3.77. The van der Waals surface area contributed by atoms with Crippen LogP contribution in [0.4, 0.5) is 5.69 Å². The highest BCUT2D eigenvalue weighted by Crippen LogP contribution is 2.27. The molecule has 1 saturated heterocycles. The van der Waals surface area contributed by atoms with E-state index < -0.39 is 16.6 Å². The zero-order chi connectivity index (χ0) is 15.6. The van der Waals surface area contributed by atoms with Gasteiger partial charge in [0, 0.05) is 25.6 Å². The first kappa shape index (κ1) is 15.0. The molecule has 2 rings (SSSR count). The van der Waals surface area contributed by atoms with Crippen LogP contribution in [0.3, 0.4) is 0 Å². The molecule has 0 aromatic heterocycles. The number of likely N-dealkylation sites (tertiary alicyclic amines) is 1. The molecule has 1 aliphatic rings. The van der Waals surface area contributed by atoms with E-state index in [4.69, 9.17) is 0 Å². The number of carbonyl (C=O) groups is 2. The molecule has 1 aromatic carbocycles. The number of nitro groups is 1. The van der Waals surface area contributed by atoms with Gasteiger partial charge in [0.2, 0.25) is 5.91 Å². The van der Waals surface area contributed by atoms with Crippen LogP contribution < -0.4 is 0 Å². The monoisotopic (exact) mass is 292 g/mol. The number of benzene rings is 1. The molecule has 0 bridgehead atoms. The molecule has 1 heterocycles. The Hall–Kier alpha value is -2.44. The molecule has 112 valence electrons.